The number of thiophene rings is 1. The second-order valence-electron chi connectivity index (χ2n) is 8.82. The molecule has 7 nitrogen and oxygen atoms in total. The predicted octanol–water partition coefficient (Wildman–Crippen LogP) is 6.41. The molecule has 5 aromatic rings. The number of carboxylic acids is 1. The molecule has 0 aliphatic carbocycles. The van der Waals surface area contributed by atoms with Crippen molar-refractivity contribution in [2.45, 2.75) is 26.8 Å². The van der Waals surface area contributed by atoms with E-state index < -0.39 is 5.97 Å². The number of nitrogens with zero attached hydrogens (tertiary/aromatic N) is 2. The molecule has 36 heavy (non-hydrogen) atoms. The smallest absolute Gasteiger partial charge is 0.337 e. The van der Waals surface area contributed by atoms with Crippen LogP contribution in [-0.4, -0.2) is 20.9 Å². The fourth-order valence-electron chi connectivity index (χ4n) is 4.53. The molecule has 1 atom stereocenters. The Morgan fingerprint density at radius 1 is 1.11 bits per heavy atom. The van der Waals surface area contributed by atoms with Gasteiger partial charge >= 0.3 is 5.97 Å². The van der Waals surface area contributed by atoms with Gasteiger partial charge in [-0.05, 0) is 44.5 Å². The van der Waals surface area contributed by atoms with Gasteiger partial charge < -0.3 is 14.8 Å². The highest BCUT2D eigenvalue weighted by atomic mass is 32.1. The first kappa shape index (κ1) is 23.6. The number of carbonyl (C=O) groups is 1. The Morgan fingerprint density at radius 2 is 1.86 bits per heavy atom. The van der Waals surface area contributed by atoms with Crippen LogP contribution in [0, 0.1) is 13.8 Å². The molecule has 8 heteroatoms. The van der Waals surface area contributed by atoms with Gasteiger partial charge in [-0.25, -0.2) is 4.79 Å². The maximum Gasteiger partial charge on any atom is 0.337 e. The minimum Gasteiger partial charge on any atom is -0.478 e. The Hall–Kier alpha value is -4.17. The molecular weight excluding hydrogens is 474 g/mol. The highest BCUT2D eigenvalue weighted by molar-refractivity contribution is 7.19. The summed E-state index contributed by atoms with van der Waals surface area (Å²) in [5, 5.41) is 17.1. The van der Waals surface area contributed by atoms with Crippen molar-refractivity contribution in [1.29, 1.82) is 0 Å². The van der Waals surface area contributed by atoms with Crippen molar-refractivity contribution in [1.82, 2.24) is 9.78 Å². The van der Waals surface area contributed by atoms with Crippen molar-refractivity contribution in [3.8, 4) is 22.5 Å². The zero-order valence-electron chi connectivity index (χ0n) is 20.3. The van der Waals surface area contributed by atoms with Crippen molar-refractivity contribution < 1.29 is 14.3 Å². The highest BCUT2D eigenvalue weighted by Crippen LogP contribution is 2.38. The van der Waals surface area contributed by atoms with E-state index in [0.717, 1.165) is 27.1 Å². The molecular formula is C28H25N3O4S. The molecule has 0 spiro atoms. The summed E-state index contributed by atoms with van der Waals surface area (Å²) in [5.74, 6) is -0.481. The van der Waals surface area contributed by atoms with Crippen LogP contribution in [0.25, 0.3) is 32.7 Å². The molecule has 2 aromatic carbocycles. The molecule has 0 bridgehead atoms. The lowest BCUT2D eigenvalue weighted by molar-refractivity contribution is 0.0698. The molecule has 0 saturated carbocycles. The van der Waals surface area contributed by atoms with Crippen LogP contribution < -0.4 is 10.7 Å². The normalized spacial score (nSPS) is 12.1. The Labute approximate surface area is 211 Å². The van der Waals surface area contributed by atoms with E-state index in [9.17, 15) is 14.7 Å². The van der Waals surface area contributed by atoms with E-state index in [2.05, 4.69) is 10.4 Å². The zero-order valence-corrected chi connectivity index (χ0v) is 21.1. The van der Waals surface area contributed by atoms with Crippen LogP contribution in [0.4, 0.5) is 5.69 Å². The topological polar surface area (TPSA) is 97.4 Å². The van der Waals surface area contributed by atoms with E-state index >= 15 is 0 Å². The van der Waals surface area contributed by atoms with E-state index in [1.54, 1.807) is 42.1 Å². The summed E-state index contributed by atoms with van der Waals surface area (Å²) < 4.78 is 8.79. The first-order valence-corrected chi connectivity index (χ1v) is 12.3. The fraction of sp³-hybridized carbons (Fsp3) is 0.179. The van der Waals surface area contributed by atoms with Gasteiger partial charge in [0.25, 0.3) is 0 Å². The molecule has 0 fully saturated rings. The molecule has 0 radical (unpaired) electrons. The number of benzene rings is 2. The standard InChI is InChI=1S/C28H25N3O4S/c1-15-24(32)27-26(35-25(15)19-9-7-8-18(12-19)20-13-29-31(4)14-20)23(17(3)36-27)16(2)30-22-11-6-5-10-21(22)28(33)34/h5-14,16,30H,1-4H3,(H,33,34). The van der Waals surface area contributed by atoms with E-state index in [1.807, 2.05) is 51.4 Å². The lowest BCUT2D eigenvalue weighted by Gasteiger charge is -2.17. The molecule has 0 aliphatic rings. The summed E-state index contributed by atoms with van der Waals surface area (Å²) in [7, 11) is 1.87. The van der Waals surface area contributed by atoms with Gasteiger partial charge in [-0.15, -0.1) is 11.3 Å². The maximum absolute atomic E-state index is 13.4. The second-order valence-corrected chi connectivity index (χ2v) is 10.0. The van der Waals surface area contributed by atoms with E-state index in [4.69, 9.17) is 4.42 Å². The quantitative estimate of drug-likeness (QED) is 0.280. The third-order valence-electron chi connectivity index (χ3n) is 6.30. The van der Waals surface area contributed by atoms with Crippen LogP contribution in [-0.2, 0) is 7.05 Å². The number of carboxylic acid groups (broad SMARTS) is 1. The van der Waals surface area contributed by atoms with Crippen LogP contribution in [0.2, 0.25) is 0 Å². The van der Waals surface area contributed by atoms with Gasteiger partial charge in [-0.2, -0.15) is 5.10 Å². The summed E-state index contributed by atoms with van der Waals surface area (Å²) in [6, 6.07) is 14.4. The lowest BCUT2D eigenvalue weighted by Crippen LogP contribution is -2.12. The molecule has 3 heterocycles. The first-order chi connectivity index (χ1) is 17.2. The molecule has 0 amide bonds. The minimum atomic E-state index is -1.00. The predicted molar refractivity (Wildman–Crippen MR) is 143 cm³/mol. The fourth-order valence-corrected chi connectivity index (χ4v) is 5.70. The monoisotopic (exact) mass is 499 g/mol. The molecule has 182 valence electrons. The van der Waals surface area contributed by atoms with E-state index in [1.165, 1.54) is 11.3 Å². The number of aromatic carboxylic acids is 1. The van der Waals surface area contributed by atoms with Crippen LogP contribution in [0.15, 0.2) is 70.1 Å². The Bertz CT molecular complexity index is 1680. The number of aryl methyl sites for hydroxylation is 2. The Kier molecular flexibility index (Phi) is 5.97. The minimum absolute atomic E-state index is 0.0597. The van der Waals surface area contributed by atoms with Crippen LogP contribution >= 0.6 is 11.3 Å². The first-order valence-electron chi connectivity index (χ1n) is 11.5. The number of hydrogen-bond acceptors (Lipinski definition) is 6. The van der Waals surface area contributed by atoms with Crippen LogP contribution in [0.5, 0.6) is 0 Å². The number of anilines is 1. The Morgan fingerprint density at radius 3 is 2.58 bits per heavy atom. The maximum atomic E-state index is 13.4. The second kappa shape index (κ2) is 9.13. The SMILES string of the molecule is Cc1sc2c(=O)c(C)c(-c3cccc(-c4cnn(C)c4)c3)oc2c1C(C)Nc1ccccc1C(=O)O. The van der Waals surface area contributed by atoms with E-state index in [-0.39, 0.29) is 17.0 Å². The van der Waals surface area contributed by atoms with Gasteiger partial charge in [-0.3, -0.25) is 9.48 Å². The van der Waals surface area contributed by atoms with Crippen molar-refractivity contribution in [3.05, 3.63) is 92.7 Å². The molecule has 2 N–H and O–H groups in total. The number of aromatic nitrogens is 2. The summed E-state index contributed by atoms with van der Waals surface area (Å²) >= 11 is 1.40. The van der Waals surface area contributed by atoms with Gasteiger partial charge in [0, 0.05) is 46.1 Å². The van der Waals surface area contributed by atoms with Crippen LogP contribution in [0.3, 0.4) is 0 Å². The van der Waals surface area contributed by atoms with Gasteiger partial charge in [0.2, 0.25) is 5.43 Å². The summed E-state index contributed by atoms with van der Waals surface area (Å²) in [6.07, 6.45) is 3.74. The summed E-state index contributed by atoms with van der Waals surface area (Å²) in [6.45, 7) is 5.68. The number of para-hydroxylation sites is 1. The van der Waals surface area contributed by atoms with Crippen LogP contribution in [0.1, 0.15) is 39.3 Å². The highest BCUT2D eigenvalue weighted by Gasteiger charge is 2.24. The zero-order chi connectivity index (χ0) is 25.6. The number of hydrogen-bond donors (Lipinski definition) is 2. The third-order valence-corrected chi connectivity index (χ3v) is 7.40. The van der Waals surface area contributed by atoms with Gasteiger partial charge in [0.15, 0.2) is 5.58 Å². The third kappa shape index (κ3) is 4.09. The molecule has 0 saturated heterocycles. The van der Waals surface area contributed by atoms with Gasteiger partial charge in [0.1, 0.15) is 10.5 Å². The van der Waals surface area contributed by atoms with Gasteiger partial charge in [0.05, 0.1) is 17.8 Å². The van der Waals surface area contributed by atoms with Gasteiger partial charge in [-0.1, -0.05) is 30.3 Å². The number of rotatable bonds is 6. The molecule has 3 aromatic heterocycles. The number of fused-ring (bicyclic) bond motifs is 1. The average molecular weight is 500 g/mol. The number of nitrogens with one attached hydrogen (secondary N) is 1. The molecule has 1 unspecified atom stereocenters. The van der Waals surface area contributed by atoms with E-state index in [0.29, 0.717) is 27.3 Å². The van der Waals surface area contributed by atoms with Crippen molar-refractivity contribution in [2.24, 2.45) is 7.05 Å². The average Bonchev–Trinajstić information content (AvgIpc) is 3.44. The Balaban J connectivity index is 1.62. The summed E-state index contributed by atoms with van der Waals surface area (Å²) in [5.41, 5.74) is 5.32. The molecule has 5 rings (SSSR count). The lowest BCUT2D eigenvalue weighted by atomic mass is 10.0. The van der Waals surface area contributed by atoms with Crippen molar-refractivity contribution in [2.75, 3.05) is 5.32 Å². The van der Waals surface area contributed by atoms with Crippen molar-refractivity contribution in [3.63, 3.8) is 0 Å². The largest absolute Gasteiger partial charge is 0.478 e. The molecule has 0 aliphatic heterocycles. The summed E-state index contributed by atoms with van der Waals surface area (Å²) in [4.78, 5) is 26.0. The van der Waals surface area contributed by atoms with Crippen molar-refractivity contribution >= 4 is 33.3 Å².